The Bertz CT molecular complexity index is 808. The molecule has 2 heterocycles. The van der Waals surface area contributed by atoms with Crippen molar-refractivity contribution in [3.05, 3.63) is 0 Å². The first-order valence-corrected chi connectivity index (χ1v) is 14.9. The second kappa shape index (κ2) is 17.7. The minimum Gasteiger partial charge on any atom is -0.463 e. The van der Waals surface area contributed by atoms with Crippen LogP contribution >= 0.6 is 0 Å². The Labute approximate surface area is 251 Å². The molecule has 0 aromatic carbocycles. The highest BCUT2D eigenvalue weighted by atomic mass is 16.7. The monoisotopic (exact) mass is 602 g/mol. The average Bonchev–Trinajstić information content (AvgIpc) is 2.85. The van der Waals surface area contributed by atoms with Crippen LogP contribution in [0.4, 0.5) is 0 Å². The lowest BCUT2D eigenvalue weighted by molar-refractivity contribution is -0.254. The highest BCUT2D eigenvalue weighted by Gasteiger charge is 2.44. The van der Waals surface area contributed by atoms with Gasteiger partial charge in [0.05, 0.1) is 36.5 Å². The number of hydrogen-bond donors (Lipinski definition) is 2. The lowest BCUT2D eigenvalue weighted by Crippen LogP contribution is -2.58. The van der Waals surface area contributed by atoms with Crippen molar-refractivity contribution in [3.63, 3.8) is 0 Å². The normalized spacial score (nSPS) is 32.8. The fourth-order valence-corrected chi connectivity index (χ4v) is 5.01. The molecule has 10 atom stereocenters. The maximum atomic E-state index is 11.4. The average molecular weight is 603 g/mol. The highest BCUT2D eigenvalue weighted by molar-refractivity contribution is 5.73. The molecule has 2 rings (SSSR count). The van der Waals surface area contributed by atoms with Crippen LogP contribution in [0, 0.1) is 23.7 Å². The molecule has 12 heteroatoms. The highest BCUT2D eigenvalue weighted by Crippen LogP contribution is 2.33. The Hall–Kier alpha value is -2.28. The van der Waals surface area contributed by atoms with Crippen molar-refractivity contribution in [1.82, 2.24) is 10.6 Å². The van der Waals surface area contributed by atoms with Gasteiger partial charge in [-0.15, -0.1) is 0 Å². The molecule has 2 amide bonds. The summed E-state index contributed by atoms with van der Waals surface area (Å²) in [5.74, 6) is -0.329. The summed E-state index contributed by atoms with van der Waals surface area (Å²) in [5, 5.41) is 5.81. The first kappa shape index (κ1) is 37.7. The fraction of sp³-hybridized carbons (Fsp3) is 0.867. The van der Waals surface area contributed by atoms with E-state index in [0.717, 1.165) is 0 Å². The number of carbonyl (C=O) groups excluding carboxylic acids is 4. The second-order valence-electron chi connectivity index (χ2n) is 11.9. The molecule has 244 valence electrons. The van der Waals surface area contributed by atoms with Gasteiger partial charge in [-0.25, -0.2) is 0 Å². The summed E-state index contributed by atoms with van der Waals surface area (Å²) in [4.78, 5) is 44.8. The van der Waals surface area contributed by atoms with Crippen molar-refractivity contribution in [2.45, 2.75) is 132 Å². The first-order valence-electron chi connectivity index (χ1n) is 14.9. The van der Waals surface area contributed by atoms with Crippen LogP contribution in [0.2, 0.25) is 0 Å². The van der Waals surface area contributed by atoms with Crippen LogP contribution in [-0.4, -0.2) is 86.0 Å². The smallest absolute Gasteiger partial charge is 0.302 e. The minimum absolute atomic E-state index is 0.0266. The van der Waals surface area contributed by atoms with E-state index in [1.54, 1.807) is 0 Å². The summed E-state index contributed by atoms with van der Waals surface area (Å²) in [6, 6.07) is -0.429. The van der Waals surface area contributed by atoms with Crippen LogP contribution in [0.1, 0.15) is 83.1 Å². The van der Waals surface area contributed by atoms with Gasteiger partial charge >= 0.3 is 11.9 Å². The van der Waals surface area contributed by atoms with Crippen molar-refractivity contribution in [2.24, 2.45) is 23.7 Å². The third-order valence-electron chi connectivity index (χ3n) is 7.62. The van der Waals surface area contributed by atoms with Gasteiger partial charge in [-0.05, 0) is 51.4 Å². The first-order chi connectivity index (χ1) is 19.4. The number of rotatable bonds is 10. The van der Waals surface area contributed by atoms with Crippen LogP contribution in [0.5, 0.6) is 0 Å². The maximum Gasteiger partial charge on any atom is 0.302 e. The predicted molar refractivity (Wildman–Crippen MR) is 155 cm³/mol. The number of ether oxygens (including phenoxy) is 6. The van der Waals surface area contributed by atoms with Gasteiger partial charge in [-0.2, -0.15) is 0 Å². The summed E-state index contributed by atoms with van der Waals surface area (Å²) < 4.78 is 33.6. The molecule has 12 nitrogen and oxygen atoms in total. The molecule has 42 heavy (non-hydrogen) atoms. The van der Waals surface area contributed by atoms with E-state index in [-0.39, 0.29) is 97.1 Å². The molecule has 0 aromatic heterocycles. The number of hydrogen-bond acceptors (Lipinski definition) is 10. The summed E-state index contributed by atoms with van der Waals surface area (Å²) in [5.41, 5.74) is 0. The van der Waals surface area contributed by atoms with Crippen LogP contribution in [0.15, 0.2) is 0 Å². The SMILES string of the molecule is CC(=O)NC1[C@H](OC(C)C)OC(COC(C)=O)[C@@H](C)[C@@H]1C.CC(=O)NC1[C@H](OC(C)C)OC(COC(C)=O)[C@H](C)[C@@H]1C. The van der Waals surface area contributed by atoms with Crippen LogP contribution in [-0.2, 0) is 47.6 Å². The van der Waals surface area contributed by atoms with E-state index < -0.39 is 12.6 Å². The Balaban J connectivity index is 0.000000420. The molecule has 4 unspecified atom stereocenters. The van der Waals surface area contributed by atoms with Crippen molar-refractivity contribution < 1.29 is 47.6 Å². The van der Waals surface area contributed by atoms with Gasteiger partial charge in [0.15, 0.2) is 12.6 Å². The van der Waals surface area contributed by atoms with Gasteiger partial charge in [-0.1, -0.05) is 27.7 Å². The van der Waals surface area contributed by atoms with Crippen molar-refractivity contribution in [1.29, 1.82) is 0 Å². The second-order valence-corrected chi connectivity index (χ2v) is 11.9. The van der Waals surface area contributed by atoms with E-state index in [1.807, 2.05) is 55.4 Å². The molecule has 2 aliphatic heterocycles. The van der Waals surface area contributed by atoms with Crippen molar-refractivity contribution >= 4 is 23.8 Å². The molecule has 0 aromatic rings. The summed E-state index contributed by atoms with van der Waals surface area (Å²) in [7, 11) is 0. The Kier molecular flexibility index (Phi) is 15.9. The maximum absolute atomic E-state index is 11.4. The van der Waals surface area contributed by atoms with Gasteiger partial charge in [0.2, 0.25) is 11.8 Å². The van der Waals surface area contributed by atoms with Crippen LogP contribution in [0.3, 0.4) is 0 Å². The molecule has 2 aliphatic rings. The zero-order valence-electron chi connectivity index (χ0n) is 27.4. The molecular formula is C30H54N2O10. The zero-order chi connectivity index (χ0) is 32.3. The molecule has 0 spiro atoms. The van der Waals surface area contributed by atoms with Gasteiger partial charge in [0.1, 0.15) is 13.2 Å². The summed E-state index contributed by atoms with van der Waals surface area (Å²) in [6.45, 7) is 21.9. The van der Waals surface area contributed by atoms with Crippen LogP contribution < -0.4 is 10.6 Å². The van der Waals surface area contributed by atoms with Gasteiger partial charge < -0.3 is 39.1 Å². The standard InChI is InChI=1S/2C15H27NO5/c2*1-8(2)20-15-14(16-11(5)17)10(4)9(3)13(21-15)7-19-12(6)18/h2*8-10,13-15H,7H2,1-6H3,(H,16,17)/t9-,10+,13?,14?,15-;9-,10-,13?,14?,15+/m10/s1. The van der Waals surface area contributed by atoms with E-state index in [9.17, 15) is 19.2 Å². The third kappa shape index (κ3) is 12.5. The fourth-order valence-electron chi connectivity index (χ4n) is 5.01. The third-order valence-corrected chi connectivity index (χ3v) is 7.62. The van der Waals surface area contributed by atoms with Gasteiger partial charge in [0.25, 0.3) is 0 Å². The molecule has 2 fully saturated rings. The van der Waals surface area contributed by atoms with E-state index in [1.165, 1.54) is 27.7 Å². The van der Waals surface area contributed by atoms with E-state index in [0.29, 0.717) is 0 Å². The quantitative estimate of drug-likeness (QED) is 0.358. The number of carbonyl (C=O) groups is 4. The number of nitrogens with one attached hydrogen (secondary N) is 2. The number of esters is 2. The largest absolute Gasteiger partial charge is 0.463 e. The molecular weight excluding hydrogens is 548 g/mol. The van der Waals surface area contributed by atoms with Crippen molar-refractivity contribution in [2.75, 3.05) is 13.2 Å². The molecule has 2 N–H and O–H groups in total. The Morgan fingerprint density at radius 1 is 0.595 bits per heavy atom. The molecule has 0 aliphatic carbocycles. The lowest BCUT2D eigenvalue weighted by atomic mass is 9.82. The van der Waals surface area contributed by atoms with Crippen LogP contribution in [0.25, 0.3) is 0 Å². The predicted octanol–water partition coefficient (Wildman–Crippen LogP) is 2.95. The topological polar surface area (TPSA) is 148 Å². The summed E-state index contributed by atoms with van der Waals surface area (Å²) in [6.07, 6.45) is -1.61. The van der Waals surface area contributed by atoms with Gasteiger partial charge in [-0.3, -0.25) is 19.2 Å². The Morgan fingerprint density at radius 2 is 0.905 bits per heavy atom. The molecule has 2 saturated heterocycles. The van der Waals surface area contributed by atoms with E-state index in [2.05, 4.69) is 10.6 Å². The number of amides is 2. The van der Waals surface area contributed by atoms with Gasteiger partial charge in [0, 0.05) is 27.7 Å². The van der Waals surface area contributed by atoms with E-state index >= 15 is 0 Å². The molecule has 0 bridgehead atoms. The van der Waals surface area contributed by atoms with Crippen molar-refractivity contribution in [3.8, 4) is 0 Å². The minimum atomic E-state index is -0.541. The lowest BCUT2D eigenvalue weighted by Gasteiger charge is -2.44. The zero-order valence-corrected chi connectivity index (χ0v) is 27.4. The Morgan fingerprint density at radius 3 is 1.14 bits per heavy atom. The summed E-state index contributed by atoms with van der Waals surface area (Å²) >= 11 is 0. The van der Waals surface area contributed by atoms with E-state index in [4.69, 9.17) is 28.4 Å². The molecule has 0 saturated carbocycles. The molecule has 0 radical (unpaired) electrons.